The lowest BCUT2D eigenvalue weighted by atomic mass is 10.2. The summed E-state index contributed by atoms with van der Waals surface area (Å²) in [5.41, 5.74) is 0. The fourth-order valence-electron chi connectivity index (χ4n) is 2.24. The van der Waals surface area contributed by atoms with E-state index in [1.807, 2.05) is 6.92 Å². The summed E-state index contributed by atoms with van der Waals surface area (Å²) in [6.45, 7) is 10.8. The number of aldehydes is 1. The Kier molecular flexibility index (Phi) is 4.55. The van der Waals surface area contributed by atoms with Crippen LogP contribution in [0.2, 0.25) is 0 Å². The number of carbonyl (C=O) groups excluding carboxylic acids is 1. The molecule has 0 saturated carbocycles. The fourth-order valence-corrected chi connectivity index (χ4v) is 2.24. The topological polar surface area (TPSA) is 23.6 Å². The second kappa shape index (κ2) is 5.47. The van der Waals surface area contributed by atoms with Gasteiger partial charge in [-0.25, -0.2) is 0 Å². The van der Waals surface area contributed by atoms with Gasteiger partial charge in [-0.2, -0.15) is 0 Å². The average Bonchev–Trinajstić information content (AvgIpc) is 2.38. The molecular formula is C11H22N2O. The maximum absolute atomic E-state index is 10.8. The van der Waals surface area contributed by atoms with Crippen LogP contribution in [0.25, 0.3) is 0 Å². The standard InChI is InChI=1S/C11H22N2O/c1-4-12-6-5-7-13(10(2)8-12)11(3)9-14/h9-11H,4-8H2,1-3H3. The molecule has 1 aliphatic heterocycles. The molecule has 0 aromatic heterocycles. The van der Waals surface area contributed by atoms with E-state index in [9.17, 15) is 4.79 Å². The zero-order valence-electron chi connectivity index (χ0n) is 9.57. The van der Waals surface area contributed by atoms with Crippen LogP contribution in [0.5, 0.6) is 0 Å². The third kappa shape index (κ3) is 2.79. The Morgan fingerprint density at radius 3 is 2.79 bits per heavy atom. The van der Waals surface area contributed by atoms with Crippen LogP contribution < -0.4 is 0 Å². The van der Waals surface area contributed by atoms with Crippen molar-refractivity contribution in [3.05, 3.63) is 0 Å². The zero-order chi connectivity index (χ0) is 10.6. The molecule has 1 rings (SSSR count). The molecule has 2 unspecified atom stereocenters. The Bertz CT molecular complexity index is 184. The lowest BCUT2D eigenvalue weighted by Gasteiger charge is -2.30. The minimum atomic E-state index is 0.0711. The van der Waals surface area contributed by atoms with Crippen LogP contribution in [0, 0.1) is 0 Å². The van der Waals surface area contributed by atoms with E-state index in [-0.39, 0.29) is 6.04 Å². The molecular weight excluding hydrogens is 176 g/mol. The van der Waals surface area contributed by atoms with Crippen molar-refractivity contribution in [3.8, 4) is 0 Å². The zero-order valence-corrected chi connectivity index (χ0v) is 9.57. The van der Waals surface area contributed by atoms with Gasteiger partial charge >= 0.3 is 0 Å². The lowest BCUT2D eigenvalue weighted by molar-refractivity contribution is -0.112. The summed E-state index contributed by atoms with van der Waals surface area (Å²) < 4.78 is 0. The molecule has 1 aliphatic rings. The van der Waals surface area contributed by atoms with Crippen molar-refractivity contribution in [3.63, 3.8) is 0 Å². The van der Waals surface area contributed by atoms with Crippen molar-refractivity contribution in [2.24, 2.45) is 0 Å². The first-order chi connectivity index (χ1) is 6.69. The summed E-state index contributed by atoms with van der Waals surface area (Å²) in [4.78, 5) is 15.5. The van der Waals surface area contributed by atoms with E-state index in [2.05, 4.69) is 23.6 Å². The van der Waals surface area contributed by atoms with Crippen LogP contribution in [0.15, 0.2) is 0 Å². The second-order valence-corrected chi connectivity index (χ2v) is 4.21. The molecule has 1 fully saturated rings. The molecule has 1 heterocycles. The van der Waals surface area contributed by atoms with Gasteiger partial charge in [0.25, 0.3) is 0 Å². The average molecular weight is 198 g/mol. The van der Waals surface area contributed by atoms with Crippen molar-refractivity contribution < 1.29 is 4.79 Å². The van der Waals surface area contributed by atoms with Gasteiger partial charge in [0.1, 0.15) is 6.29 Å². The molecule has 0 aromatic rings. The van der Waals surface area contributed by atoms with Gasteiger partial charge in [0, 0.05) is 19.1 Å². The van der Waals surface area contributed by atoms with E-state index in [4.69, 9.17) is 0 Å². The molecule has 0 N–H and O–H groups in total. The third-order valence-corrected chi connectivity index (χ3v) is 3.15. The van der Waals surface area contributed by atoms with Gasteiger partial charge in [-0.05, 0) is 33.4 Å². The molecule has 0 bridgehead atoms. The van der Waals surface area contributed by atoms with Gasteiger partial charge in [0.2, 0.25) is 0 Å². The van der Waals surface area contributed by atoms with E-state index in [1.54, 1.807) is 0 Å². The molecule has 3 heteroatoms. The van der Waals surface area contributed by atoms with Crippen molar-refractivity contribution in [2.75, 3.05) is 26.2 Å². The molecule has 2 atom stereocenters. The van der Waals surface area contributed by atoms with Gasteiger partial charge in [-0.3, -0.25) is 4.90 Å². The van der Waals surface area contributed by atoms with Crippen LogP contribution in [-0.4, -0.2) is 54.3 Å². The molecule has 3 nitrogen and oxygen atoms in total. The molecule has 1 saturated heterocycles. The highest BCUT2D eigenvalue weighted by Crippen LogP contribution is 2.11. The maximum atomic E-state index is 10.8. The molecule has 82 valence electrons. The van der Waals surface area contributed by atoms with E-state index < -0.39 is 0 Å². The predicted molar refractivity (Wildman–Crippen MR) is 58.4 cm³/mol. The van der Waals surface area contributed by atoms with Gasteiger partial charge in [0.15, 0.2) is 0 Å². The number of carbonyl (C=O) groups is 1. The maximum Gasteiger partial charge on any atom is 0.136 e. The SMILES string of the molecule is CCN1CCCN(C(C)C=O)C(C)C1. The number of hydrogen-bond donors (Lipinski definition) is 0. The molecule has 0 radical (unpaired) electrons. The Balaban J connectivity index is 2.57. The fraction of sp³-hybridized carbons (Fsp3) is 0.909. The third-order valence-electron chi connectivity index (χ3n) is 3.15. The van der Waals surface area contributed by atoms with Gasteiger partial charge in [0.05, 0.1) is 6.04 Å². The minimum Gasteiger partial charge on any atom is -0.302 e. The second-order valence-electron chi connectivity index (χ2n) is 4.21. The number of likely N-dealkylation sites (N-methyl/N-ethyl adjacent to an activating group) is 1. The van der Waals surface area contributed by atoms with Crippen molar-refractivity contribution >= 4 is 6.29 Å². The monoisotopic (exact) mass is 198 g/mol. The Morgan fingerprint density at radius 1 is 1.50 bits per heavy atom. The summed E-state index contributed by atoms with van der Waals surface area (Å²) in [6.07, 6.45) is 2.23. The van der Waals surface area contributed by atoms with Crippen molar-refractivity contribution in [2.45, 2.75) is 39.3 Å². The molecule has 14 heavy (non-hydrogen) atoms. The number of nitrogens with zero attached hydrogens (tertiary/aromatic N) is 2. The smallest absolute Gasteiger partial charge is 0.136 e. The van der Waals surface area contributed by atoms with E-state index in [0.717, 1.165) is 25.9 Å². The van der Waals surface area contributed by atoms with E-state index >= 15 is 0 Å². The van der Waals surface area contributed by atoms with Gasteiger partial charge in [-0.15, -0.1) is 0 Å². The largest absolute Gasteiger partial charge is 0.302 e. The highest BCUT2D eigenvalue weighted by Gasteiger charge is 2.23. The van der Waals surface area contributed by atoms with E-state index in [0.29, 0.717) is 6.04 Å². The quantitative estimate of drug-likeness (QED) is 0.632. The van der Waals surface area contributed by atoms with Gasteiger partial charge in [-0.1, -0.05) is 6.92 Å². The summed E-state index contributed by atoms with van der Waals surface area (Å²) in [5, 5.41) is 0. The molecule has 0 aliphatic carbocycles. The first-order valence-electron chi connectivity index (χ1n) is 5.62. The predicted octanol–water partition coefficient (Wildman–Crippen LogP) is 0.990. The highest BCUT2D eigenvalue weighted by molar-refractivity contribution is 5.56. The molecule has 0 amide bonds. The Labute approximate surface area is 87.1 Å². The summed E-state index contributed by atoms with van der Waals surface area (Å²) in [6, 6.07) is 0.569. The Morgan fingerprint density at radius 2 is 2.21 bits per heavy atom. The summed E-state index contributed by atoms with van der Waals surface area (Å²) in [7, 11) is 0. The number of rotatable bonds is 3. The Hall–Kier alpha value is -0.410. The number of hydrogen-bond acceptors (Lipinski definition) is 3. The van der Waals surface area contributed by atoms with E-state index in [1.165, 1.54) is 13.0 Å². The van der Waals surface area contributed by atoms with Crippen LogP contribution in [0.4, 0.5) is 0 Å². The minimum absolute atomic E-state index is 0.0711. The summed E-state index contributed by atoms with van der Waals surface area (Å²) in [5.74, 6) is 0. The van der Waals surface area contributed by atoms with Crippen LogP contribution >= 0.6 is 0 Å². The first-order valence-corrected chi connectivity index (χ1v) is 5.62. The molecule has 0 aromatic carbocycles. The van der Waals surface area contributed by atoms with Crippen molar-refractivity contribution in [1.29, 1.82) is 0 Å². The lowest BCUT2D eigenvalue weighted by Crippen LogP contribution is -2.44. The van der Waals surface area contributed by atoms with Crippen LogP contribution in [0.1, 0.15) is 27.2 Å². The van der Waals surface area contributed by atoms with Crippen LogP contribution in [0.3, 0.4) is 0 Å². The molecule has 0 spiro atoms. The first kappa shape index (κ1) is 11.7. The van der Waals surface area contributed by atoms with Crippen LogP contribution in [-0.2, 0) is 4.79 Å². The highest BCUT2D eigenvalue weighted by atomic mass is 16.1. The van der Waals surface area contributed by atoms with Gasteiger partial charge < -0.3 is 9.69 Å². The van der Waals surface area contributed by atoms with Crippen molar-refractivity contribution in [1.82, 2.24) is 9.80 Å². The summed E-state index contributed by atoms with van der Waals surface area (Å²) >= 11 is 0. The normalized spacial score (nSPS) is 28.4.